The van der Waals surface area contributed by atoms with Crippen molar-refractivity contribution in [1.82, 2.24) is 15.0 Å². The van der Waals surface area contributed by atoms with Gasteiger partial charge in [-0.3, -0.25) is 9.78 Å². The lowest BCUT2D eigenvalue weighted by Crippen LogP contribution is -2.39. The number of ether oxygens (including phenoxy) is 1. The number of aryl methyl sites for hydroxylation is 1. The van der Waals surface area contributed by atoms with E-state index in [0.29, 0.717) is 49.5 Å². The van der Waals surface area contributed by atoms with Gasteiger partial charge in [-0.2, -0.15) is 0 Å². The summed E-state index contributed by atoms with van der Waals surface area (Å²) in [6.07, 6.45) is 3.21. The molecule has 0 aromatic carbocycles. The van der Waals surface area contributed by atoms with Gasteiger partial charge in [0.1, 0.15) is 30.4 Å². The molecule has 220 valence electrons. The van der Waals surface area contributed by atoms with Crippen molar-refractivity contribution in [3.8, 4) is 11.3 Å². The lowest BCUT2D eigenvalue weighted by atomic mass is 9.73. The summed E-state index contributed by atoms with van der Waals surface area (Å²) in [5, 5.41) is 14.5. The van der Waals surface area contributed by atoms with Crippen LogP contribution in [0.15, 0.2) is 48.8 Å². The topological polar surface area (TPSA) is 97.2 Å². The maximum Gasteiger partial charge on any atom is 0.309 e. The minimum absolute atomic E-state index is 0.0273. The van der Waals surface area contributed by atoms with Crippen molar-refractivity contribution >= 4 is 17.6 Å². The zero-order chi connectivity index (χ0) is 29.8. The second-order valence-corrected chi connectivity index (χ2v) is 12.1. The number of aliphatic hydroxyl groups is 1. The second kappa shape index (κ2) is 12.6. The third kappa shape index (κ3) is 8.04. The fourth-order valence-electron chi connectivity index (χ4n) is 5.14. The van der Waals surface area contributed by atoms with Gasteiger partial charge in [-0.1, -0.05) is 0 Å². The Morgan fingerprint density at radius 1 is 1.10 bits per heavy atom. The first kappa shape index (κ1) is 30.5. The van der Waals surface area contributed by atoms with Crippen LogP contribution in [0.4, 0.5) is 20.4 Å². The highest BCUT2D eigenvalue weighted by Gasteiger charge is 2.39. The van der Waals surface area contributed by atoms with Gasteiger partial charge in [0.2, 0.25) is 0 Å². The highest BCUT2D eigenvalue weighted by Crippen LogP contribution is 2.41. The van der Waals surface area contributed by atoms with Gasteiger partial charge in [0.15, 0.2) is 0 Å². The number of nitrogens with zero attached hydrogens (tertiary/aromatic N) is 4. The SMILES string of the molecule is Cc1cc(Nc2cc(C(F)F)ccn2)nc(-c2ccc([C@](C)(O)[C@H]3CC[C@H](C(=O)OCC[N+](C)(C)C)CC3)nc2)c1. The van der Waals surface area contributed by atoms with Crippen LogP contribution in [0.2, 0.25) is 0 Å². The highest BCUT2D eigenvalue weighted by atomic mass is 19.3. The van der Waals surface area contributed by atoms with E-state index in [1.54, 1.807) is 13.1 Å². The standard InChI is InChI=1S/C31H40F2N5O3/c1-20-16-25(36-28(17-20)37-27-18-22(29(32)33)12-13-34-27)23-8-11-26(35-19-23)31(2,40)24-9-6-21(7-10-24)30(39)41-15-14-38(3,4)5/h8,11-13,16-19,21,24,29,40H,6-7,9-10,14-15H2,1-5H3,(H,34,36,37)/q+1/t21-,24-,31-/m1/s1. The van der Waals surface area contributed by atoms with Crippen LogP contribution in [-0.2, 0) is 15.1 Å². The summed E-state index contributed by atoms with van der Waals surface area (Å²) >= 11 is 0. The number of pyridine rings is 3. The van der Waals surface area contributed by atoms with Gasteiger partial charge in [-0.15, -0.1) is 0 Å². The van der Waals surface area contributed by atoms with Gasteiger partial charge in [-0.05, 0) is 87.4 Å². The summed E-state index contributed by atoms with van der Waals surface area (Å²) in [7, 11) is 6.19. The average molecular weight is 569 g/mol. The van der Waals surface area contributed by atoms with Crippen LogP contribution < -0.4 is 5.32 Å². The number of carbonyl (C=O) groups excluding carboxylic acids is 1. The Morgan fingerprint density at radius 2 is 1.83 bits per heavy atom. The van der Waals surface area contributed by atoms with E-state index in [9.17, 15) is 18.7 Å². The third-order valence-electron chi connectivity index (χ3n) is 7.70. The lowest BCUT2D eigenvalue weighted by molar-refractivity contribution is -0.870. The van der Waals surface area contributed by atoms with Crippen LogP contribution in [0.1, 0.15) is 55.9 Å². The Hall–Kier alpha value is -3.50. The second-order valence-electron chi connectivity index (χ2n) is 12.1. The zero-order valence-corrected chi connectivity index (χ0v) is 24.4. The van der Waals surface area contributed by atoms with Crippen LogP contribution in [-0.4, -0.2) is 64.8 Å². The lowest BCUT2D eigenvalue weighted by Gasteiger charge is -2.37. The van der Waals surface area contributed by atoms with Crippen molar-refractivity contribution in [2.75, 3.05) is 39.6 Å². The van der Waals surface area contributed by atoms with Crippen LogP contribution in [0, 0.1) is 18.8 Å². The summed E-state index contributed by atoms with van der Waals surface area (Å²) in [5.41, 5.74) is 1.63. The molecular formula is C31H40F2N5O3+. The molecule has 2 N–H and O–H groups in total. The summed E-state index contributed by atoms with van der Waals surface area (Å²) in [5.74, 6) is 0.455. The molecule has 41 heavy (non-hydrogen) atoms. The molecule has 10 heteroatoms. The molecule has 0 spiro atoms. The first-order valence-corrected chi connectivity index (χ1v) is 14.0. The zero-order valence-electron chi connectivity index (χ0n) is 24.4. The van der Waals surface area contributed by atoms with Crippen LogP contribution in [0.3, 0.4) is 0 Å². The van der Waals surface area contributed by atoms with Gasteiger partial charge >= 0.3 is 5.97 Å². The molecule has 3 heterocycles. The molecule has 0 bridgehead atoms. The average Bonchev–Trinajstić information content (AvgIpc) is 2.92. The Kier molecular flexibility index (Phi) is 9.34. The number of alkyl halides is 2. The number of quaternary nitrogens is 1. The Bertz CT molecular complexity index is 1330. The van der Waals surface area contributed by atoms with E-state index in [-0.39, 0.29) is 29.2 Å². The normalized spacial score (nSPS) is 19.0. The molecule has 0 unspecified atom stereocenters. The smallest absolute Gasteiger partial charge is 0.309 e. The van der Waals surface area contributed by atoms with Crippen molar-refractivity contribution in [1.29, 1.82) is 0 Å². The van der Waals surface area contributed by atoms with E-state index in [4.69, 9.17) is 4.74 Å². The molecule has 1 saturated carbocycles. The highest BCUT2D eigenvalue weighted by molar-refractivity contribution is 5.72. The van der Waals surface area contributed by atoms with E-state index < -0.39 is 12.0 Å². The summed E-state index contributed by atoms with van der Waals surface area (Å²) in [6, 6.07) is 9.98. The van der Waals surface area contributed by atoms with Crippen LogP contribution in [0.5, 0.6) is 0 Å². The minimum atomic E-state index is -2.59. The van der Waals surface area contributed by atoms with E-state index in [1.165, 1.54) is 18.3 Å². The Morgan fingerprint density at radius 3 is 2.46 bits per heavy atom. The summed E-state index contributed by atoms with van der Waals surface area (Å²) in [4.78, 5) is 25.9. The number of anilines is 2. The molecule has 1 fully saturated rings. The van der Waals surface area contributed by atoms with Crippen LogP contribution >= 0.6 is 0 Å². The maximum atomic E-state index is 13.1. The molecule has 0 aliphatic heterocycles. The van der Waals surface area contributed by atoms with Crippen molar-refractivity contribution in [3.63, 3.8) is 0 Å². The number of nitrogens with one attached hydrogen (secondary N) is 1. The molecule has 1 aliphatic rings. The fraction of sp³-hybridized carbons (Fsp3) is 0.484. The number of esters is 1. The number of hydrogen-bond acceptors (Lipinski definition) is 7. The first-order valence-electron chi connectivity index (χ1n) is 14.0. The Labute approximate surface area is 240 Å². The summed E-state index contributed by atoms with van der Waals surface area (Å²) < 4.78 is 32.4. The molecule has 8 nitrogen and oxygen atoms in total. The number of halogens is 2. The number of carbonyl (C=O) groups is 1. The molecule has 1 aliphatic carbocycles. The van der Waals surface area contributed by atoms with Crippen LogP contribution in [0.25, 0.3) is 11.3 Å². The van der Waals surface area contributed by atoms with Gasteiger partial charge in [0.05, 0.1) is 38.4 Å². The molecule has 3 aromatic heterocycles. The number of aromatic nitrogens is 3. The molecular weight excluding hydrogens is 528 g/mol. The van der Waals surface area contributed by atoms with Crippen molar-refractivity contribution in [2.45, 2.75) is 51.6 Å². The molecule has 1 atom stereocenters. The first-order chi connectivity index (χ1) is 19.3. The number of likely N-dealkylation sites (N-methyl/N-ethyl adjacent to an activating group) is 1. The Balaban J connectivity index is 1.40. The molecule has 0 saturated heterocycles. The predicted molar refractivity (Wildman–Crippen MR) is 154 cm³/mol. The fourth-order valence-corrected chi connectivity index (χ4v) is 5.14. The van der Waals surface area contributed by atoms with E-state index in [1.807, 2.05) is 31.2 Å². The van der Waals surface area contributed by atoms with Gasteiger partial charge < -0.3 is 19.6 Å². The summed E-state index contributed by atoms with van der Waals surface area (Å²) in [6.45, 7) is 4.88. The maximum absolute atomic E-state index is 13.1. The molecule has 0 amide bonds. The predicted octanol–water partition coefficient (Wildman–Crippen LogP) is 5.79. The van der Waals surface area contributed by atoms with Crippen molar-refractivity contribution in [2.24, 2.45) is 11.8 Å². The molecule has 4 rings (SSSR count). The van der Waals surface area contributed by atoms with E-state index in [0.717, 1.165) is 22.2 Å². The number of rotatable bonds is 10. The van der Waals surface area contributed by atoms with Crippen molar-refractivity contribution in [3.05, 3.63) is 65.6 Å². The van der Waals surface area contributed by atoms with Gasteiger partial charge in [0.25, 0.3) is 6.43 Å². The van der Waals surface area contributed by atoms with Gasteiger partial charge in [0, 0.05) is 23.5 Å². The monoisotopic (exact) mass is 568 g/mol. The largest absolute Gasteiger partial charge is 0.459 e. The van der Waals surface area contributed by atoms with Crippen molar-refractivity contribution < 1.29 is 27.9 Å². The molecule has 3 aromatic rings. The van der Waals surface area contributed by atoms with E-state index in [2.05, 4.69) is 41.4 Å². The van der Waals surface area contributed by atoms with E-state index >= 15 is 0 Å². The third-order valence-corrected chi connectivity index (χ3v) is 7.70. The minimum Gasteiger partial charge on any atom is -0.459 e. The quantitative estimate of drug-likeness (QED) is 0.236. The van der Waals surface area contributed by atoms with Gasteiger partial charge in [-0.25, -0.2) is 18.7 Å². The number of hydrogen-bond donors (Lipinski definition) is 2. The molecule has 0 radical (unpaired) electrons.